The minimum atomic E-state index is -1.81. The van der Waals surface area contributed by atoms with Crippen LogP contribution >= 0.6 is 11.3 Å². The lowest BCUT2D eigenvalue weighted by Crippen LogP contribution is -2.62. The summed E-state index contributed by atoms with van der Waals surface area (Å²) in [5, 5.41) is 72.0. The minimum Gasteiger partial charge on any atom is -0.459 e. The first-order valence-corrected chi connectivity index (χ1v) is 26.3. The largest absolute Gasteiger partial charge is 0.459 e. The van der Waals surface area contributed by atoms with Crippen LogP contribution in [-0.4, -0.2) is 180 Å². The van der Waals surface area contributed by atoms with Gasteiger partial charge in [-0.05, 0) is 86.7 Å². The smallest absolute Gasteiger partial charge is 0.309 e. The van der Waals surface area contributed by atoms with Crippen molar-refractivity contribution < 1.29 is 54.0 Å². The number of hydrogen-bond acceptors (Lipinski definition) is 17. The second-order valence-corrected chi connectivity index (χ2v) is 22.6. The van der Waals surface area contributed by atoms with Crippen molar-refractivity contribution in [3.8, 4) is 10.6 Å². The number of likely N-dealkylation sites (N-methyl/N-ethyl adjacent to an activating group) is 2. The number of aryl methyl sites for hydroxylation is 2. The molecule has 17 nitrogen and oxygen atoms in total. The average molecular weight is 1000 g/mol. The Labute approximate surface area is 419 Å². The third kappa shape index (κ3) is 12.8. The molecule has 70 heavy (non-hydrogen) atoms. The number of ether oxygens (including phenoxy) is 5. The van der Waals surface area contributed by atoms with E-state index in [1.165, 1.54) is 14.0 Å². The Kier molecular flexibility index (Phi) is 18.9. The number of cyclic esters (lactones) is 1. The van der Waals surface area contributed by atoms with Gasteiger partial charge in [-0.3, -0.25) is 9.48 Å². The number of benzene rings is 1. The number of carbonyl (C=O) groups excluding carboxylic acids is 1. The maximum Gasteiger partial charge on any atom is 0.309 e. The highest BCUT2D eigenvalue weighted by Crippen LogP contribution is 2.45. The van der Waals surface area contributed by atoms with E-state index in [1.807, 2.05) is 82.7 Å². The van der Waals surface area contributed by atoms with Crippen molar-refractivity contribution in [3.63, 3.8) is 0 Å². The standard InChI is InChI=1S/C52H84N6O11S/c1-14-41-52(10,64)44(60)34(6)57(12)27-30(2)25-50(8,63)46(32(4)42(33(5)48(62)68-41)40-26-51(9,65-13)45(61)35(7)67-40)69-49-43(59)39(24-31(3)66-49)56(11)22-20-37-28-58(55-54-37)23-21-38-29-70-47(53-38)36-18-16-15-17-19-36/h15-19,28-35,39-46,49,59-61,63-64H,14,20-27H2,1-13H3/t30-,31-,32+,33-,34-,35+,39+,40-,41-,42?,43-,44-,45+,46-,49+,50-,51-,52-/m1/s1. The number of nitrogens with zero attached hydrogens (tertiary/aromatic N) is 6. The van der Waals surface area contributed by atoms with E-state index in [2.05, 4.69) is 32.7 Å². The predicted molar refractivity (Wildman–Crippen MR) is 267 cm³/mol. The molecule has 18 heteroatoms. The molecule has 3 fully saturated rings. The monoisotopic (exact) mass is 1000 g/mol. The molecule has 3 aromatic rings. The lowest BCUT2D eigenvalue weighted by atomic mass is 9.68. The summed E-state index contributed by atoms with van der Waals surface area (Å²) in [7, 11) is 5.36. The van der Waals surface area contributed by atoms with Gasteiger partial charge in [-0.25, -0.2) is 4.98 Å². The molecular formula is C52H84N6O11S. The number of hydrogen-bond donors (Lipinski definition) is 5. The summed E-state index contributed by atoms with van der Waals surface area (Å²) in [5.41, 5.74) is -1.50. The first-order valence-electron chi connectivity index (χ1n) is 25.4. The quantitative estimate of drug-likeness (QED) is 0.146. The number of aliphatic hydroxyl groups is 5. The van der Waals surface area contributed by atoms with E-state index >= 15 is 0 Å². The zero-order valence-corrected chi connectivity index (χ0v) is 44.7. The maximum absolute atomic E-state index is 14.6. The van der Waals surface area contributed by atoms with E-state index < -0.39 is 95.6 Å². The Bertz CT molecular complexity index is 2110. The number of aliphatic hydroxyl groups excluding tert-OH is 3. The Balaban J connectivity index is 1.25. The number of esters is 1. The third-order valence-electron chi connectivity index (χ3n) is 15.9. The number of carbonyl (C=O) groups is 1. The fourth-order valence-electron chi connectivity index (χ4n) is 11.6. The van der Waals surface area contributed by atoms with Crippen LogP contribution in [0.3, 0.4) is 0 Å². The molecule has 6 rings (SSSR count). The van der Waals surface area contributed by atoms with Gasteiger partial charge in [0.2, 0.25) is 0 Å². The second-order valence-electron chi connectivity index (χ2n) is 21.8. The molecule has 3 aliphatic heterocycles. The molecule has 0 spiro atoms. The van der Waals surface area contributed by atoms with Gasteiger partial charge < -0.3 is 59.0 Å². The van der Waals surface area contributed by atoms with E-state index in [0.29, 0.717) is 32.5 Å². The van der Waals surface area contributed by atoms with Crippen LogP contribution in [0.5, 0.6) is 0 Å². The second kappa shape index (κ2) is 23.5. The molecule has 0 amide bonds. The van der Waals surface area contributed by atoms with Gasteiger partial charge in [0.25, 0.3) is 0 Å². The summed E-state index contributed by atoms with van der Waals surface area (Å²) in [4.78, 5) is 23.5. The van der Waals surface area contributed by atoms with E-state index in [1.54, 1.807) is 39.0 Å². The van der Waals surface area contributed by atoms with E-state index in [0.717, 1.165) is 28.4 Å². The first-order chi connectivity index (χ1) is 32.9. The average Bonchev–Trinajstić information content (AvgIpc) is 4.00. The van der Waals surface area contributed by atoms with Crippen LogP contribution in [0.15, 0.2) is 41.9 Å². The van der Waals surface area contributed by atoms with Crippen molar-refractivity contribution in [2.45, 2.75) is 198 Å². The fraction of sp³-hybridized carbons (Fsp3) is 0.769. The van der Waals surface area contributed by atoms with Crippen molar-refractivity contribution in [1.82, 2.24) is 29.8 Å². The molecule has 1 unspecified atom stereocenters. The highest BCUT2D eigenvalue weighted by molar-refractivity contribution is 7.13. The van der Waals surface area contributed by atoms with Crippen LogP contribution < -0.4 is 0 Å². The molecule has 5 N–H and O–H groups in total. The van der Waals surface area contributed by atoms with E-state index in [-0.39, 0.29) is 37.3 Å². The fourth-order valence-corrected chi connectivity index (χ4v) is 12.5. The van der Waals surface area contributed by atoms with Gasteiger partial charge in [0.1, 0.15) is 35.0 Å². The number of aromatic nitrogens is 4. The van der Waals surface area contributed by atoms with E-state index in [9.17, 15) is 30.3 Å². The number of thiazole rings is 1. The molecule has 5 heterocycles. The van der Waals surface area contributed by atoms with Crippen molar-refractivity contribution >= 4 is 17.3 Å². The van der Waals surface area contributed by atoms with Gasteiger partial charge in [0.05, 0.1) is 52.9 Å². The molecule has 0 aliphatic carbocycles. The maximum atomic E-state index is 14.6. The Morgan fingerprint density at radius 1 is 0.957 bits per heavy atom. The molecule has 394 valence electrons. The number of rotatable bonds is 13. The minimum absolute atomic E-state index is 0.163. The molecule has 3 aliphatic rings. The highest BCUT2D eigenvalue weighted by atomic mass is 32.1. The van der Waals surface area contributed by atoms with Crippen molar-refractivity contribution in [2.75, 3.05) is 34.3 Å². The molecule has 18 atom stereocenters. The van der Waals surface area contributed by atoms with Crippen molar-refractivity contribution in [3.05, 3.63) is 53.3 Å². The van der Waals surface area contributed by atoms with Crippen molar-refractivity contribution in [1.29, 1.82) is 0 Å². The molecular weight excluding hydrogens is 917 g/mol. The molecule has 0 radical (unpaired) electrons. The van der Waals surface area contributed by atoms with Gasteiger partial charge in [-0.2, -0.15) is 0 Å². The van der Waals surface area contributed by atoms with Crippen molar-refractivity contribution in [2.24, 2.45) is 23.7 Å². The summed E-state index contributed by atoms with van der Waals surface area (Å²) in [6.07, 6.45) is -3.94. The van der Waals surface area contributed by atoms with Crippen LogP contribution in [0.1, 0.15) is 106 Å². The van der Waals surface area contributed by atoms with Gasteiger partial charge in [-0.15, -0.1) is 16.4 Å². The van der Waals surface area contributed by atoms with Gasteiger partial charge in [0.15, 0.2) is 6.29 Å². The summed E-state index contributed by atoms with van der Waals surface area (Å²) in [6.45, 7) is 19.7. The lowest BCUT2D eigenvalue weighted by molar-refractivity contribution is -0.302. The summed E-state index contributed by atoms with van der Waals surface area (Å²) in [5.74, 6) is -3.09. The van der Waals surface area contributed by atoms with Gasteiger partial charge in [-0.1, -0.05) is 63.2 Å². The first kappa shape index (κ1) is 56.3. The zero-order chi connectivity index (χ0) is 51.5. The summed E-state index contributed by atoms with van der Waals surface area (Å²) in [6, 6.07) is 9.21. The Morgan fingerprint density at radius 2 is 1.66 bits per heavy atom. The summed E-state index contributed by atoms with van der Waals surface area (Å²) >= 11 is 1.63. The highest BCUT2D eigenvalue weighted by Gasteiger charge is 2.55. The Hall–Kier alpha value is -2.98. The van der Waals surface area contributed by atoms with Crippen LogP contribution in [0.4, 0.5) is 0 Å². The lowest BCUT2D eigenvalue weighted by Gasteiger charge is -2.51. The molecule has 2 aromatic heterocycles. The number of methoxy groups -OCH3 is 1. The normalized spacial score (nSPS) is 39.9. The van der Waals surface area contributed by atoms with Gasteiger partial charge in [0, 0.05) is 81.1 Å². The zero-order valence-electron chi connectivity index (χ0n) is 43.8. The Morgan fingerprint density at radius 3 is 2.33 bits per heavy atom. The molecule has 0 saturated carbocycles. The summed E-state index contributed by atoms with van der Waals surface area (Å²) < 4.78 is 34.1. The third-order valence-corrected chi connectivity index (χ3v) is 16.9. The predicted octanol–water partition coefficient (Wildman–Crippen LogP) is 4.74. The molecule has 0 bridgehead atoms. The van der Waals surface area contributed by atoms with Gasteiger partial charge >= 0.3 is 5.97 Å². The molecule has 1 aromatic carbocycles. The van der Waals surface area contributed by atoms with E-state index in [4.69, 9.17) is 28.7 Å². The van der Waals surface area contributed by atoms with Crippen LogP contribution in [0.2, 0.25) is 0 Å². The topological polar surface area (TPSA) is 214 Å². The SMILES string of the molecule is CC[C@H]1OC(=O)[C@H](C)C([C@H]2C[C@@](C)(OC)[C@@H](O)[C@H](C)O2)[C@H](C)[C@@H](O[C@@H]2O[C@H](C)C[C@H](N(C)CCc3cn(CCc4csc(-c5ccccc5)n4)nn3)[C@H]2O)[C@](C)(O)C[C@@H](C)CN(C)[C@H](C)[C@@H](O)[C@]1(C)O. The van der Waals surface area contributed by atoms with Crippen LogP contribution in [0.25, 0.3) is 10.6 Å². The van der Waals surface area contributed by atoms with Crippen LogP contribution in [-0.2, 0) is 47.9 Å². The molecule has 3 saturated heterocycles. The van der Waals surface area contributed by atoms with Crippen LogP contribution in [0, 0.1) is 23.7 Å².